The molecule has 0 N–H and O–H groups in total. The number of methoxy groups -OCH3 is 1. The van der Waals surface area contributed by atoms with Gasteiger partial charge in [-0.1, -0.05) is 18.2 Å². The molecule has 1 fully saturated rings. The van der Waals surface area contributed by atoms with Crippen molar-refractivity contribution in [2.75, 3.05) is 20.3 Å². The highest BCUT2D eigenvalue weighted by Crippen LogP contribution is 2.22. The Bertz CT molecular complexity index is 565. The van der Waals surface area contributed by atoms with Crippen LogP contribution in [0.15, 0.2) is 24.3 Å². The van der Waals surface area contributed by atoms with Gasteiger partial charge >= 0.3 is 0 Å². The molecular formula is C15H22O6S. The first-order chi connectivity index (χ1) is 10.5. The number of ether oxygens (including phenoxy) is 3. The largest absolute Gasteiger partial charge is 0.496 e. The number of hydrogen-bond donors (Lipinski definition) is 0. The lowest BCUT2D eigenvalue weighted by Crippen LogP contribution is -2.29. The molecule has 1 atom stereocenters. The maximum atomic E-state index is 12.1. The van der Waals surface area contributed by atoms with Crippen LogP contribution in [-0.2, 0) is 29.5 Å². The van der Waals surface area contributed by atoms with Crippen LogP contribution in [0.2, 0.25) is 0 Å². The van der Waals surface area contributed by atoms with Gasteiger partial charge in [-0.05, 0) is 25.8 Å². The fourth-order valence-electron chi connectivity index (χ4n) is 2.36. The summed E-state index contributed by atoms with van der Waals surface area (Å²) in [5, 5.41) is 0. The average Bonchev–Trinajstić information content (AvgIpc) is 2.47. The first-order valence-electron chi connectivity index (χ1n) is 7.26. The smallest absolute Gasteiger partial charge is 0.274 e. The van der Waals surface area contributed by atoms with Crippen molar-refractivity contribution >= 4 is 10.1 Å². The minimum atomic E-state index is -3.75. The second-order valence-electron chi connectivity index (χ2n) is 5.13. The standard InChI is InChI=1S/C15H22O6S/c1-12(20-14-7-9-19-10-8-14)21-22(16,17)11-13-5-3-4-6-15(13)18-2/h3-6,12,14H,7-11H2,1-2H3. The summed E-state index contributed by atoms with van der Waals surface area (Å²) >= 11 is 0. The van der Waals surface area contributed by atoms with E-state index < -0.39 is 16.4 Å². The Morgan fingerprint density at radius 3 is 2.64 bits per heavy atom. The molecule has 22 heavy (non-hydrogen) atoms. The van der Waals surface area contributed by atoms with Gasteiger partial charge in [0.15, 0.2) is 6.29 Å². The van der Waals surface area contributed by atoms with Crippen LogP contribution in [0.5, 0.6) is 5.75 Å². The molecule has 1 unspecified atom stereocenters. The van der Waals surface area contributed by atoms with Crippen molar-refractivity contribution in [1.82, 2.24) is 0 Å². The van der Waals surface area contributed by atoms with Crippen LogP contribution in [0.3, 0.4) is 0 Å². The lowest BCUT2D eigenvalue weighted by Gasteiger charge is -2.25. The van der Waals surface area contributed by atoms with Crippen LogP contribution < -0.4 is 4.74 Å². The quantitative estimate of drug-likeness (QED) is 0.563. The van der Waals surface area contributed by atoms with E-state index in [9.17, 15) is 8.42 Å². The summed E-state index contributed by atoms with van der Waals surface area (Å²) in [5.41, 5.74) is 0.559. The molecule has 0 saturated carbocycles. The van der Waals surface area contributed by atoms with Gasteiger partial charge in [0.05, 0.1) is 13.2 Å². The Labute approximate surface area is 131 Å². The molecule has 1 aliphatic heterocycles. The normalized spacial score (nSPS) is 18.1. The topological polar surface area (TPSA) is 71.1 Å². The molecule has 0 radical (unpaired) electrons. The van der Waals surface area contributed by atoms with Gasteiger partial charge in [0.25, 0.3) is 10.1 Å². The zero-order valence-electron chi connectivity index (χ0n) is 12.9. The van der Waals surface area contributed by atoms with Gasteiger partial charge < -0.3 is 14.2 Å². The third-order valence-electron chi connectivity index (χ3n) is 3.36. The van der Waals surface area contributed by atoms with Crippen molar-refractivity contribution in [3.63, 3.8) is 0 Å². The predicted octanol–water partition coefficient (Wildman–Crippen LogP) is 2.08. The molecule has 0 aromatic heterocycles. The fraction of sp³-hybridized carbons (Fsp3) is 0.600. The van der Waals surface area contributed by atoms with Crippen LogP contribution in [-0.4, -0.2) is 41.1 Å². The van der Waals surface area contributed by atoms with Gasteiger partial charge in [0, 0.05) is 18.8 Å². The van der Waals surface area contributed by atoms with Crippen LogP contribution in [0.4, 0.5) is 0 Å². The van der Waals surface area contributed by atoms with Crippen molar-refractivity contribution in [3.8, 4) is 5.75 Å². The molecule has 0 amide bonds. The third kappa shape index (κ3) is 5.24. The maximum absolute atomic E-state index is 12.1. The van der Waals surface area contributed by atoms with Gasteiger partial charge in [-0.25, -0.2) is 4.18 Å². The van der Waals surface area contributed by atoms with Crippen LogP contribution >= 0.6 is 0 Å². The summed E-state index contributed by atoms with van der Waals surface area (Å²) in [6.07, 6.45) is 0.661. The Morgan fingerprint density at radius 1 is 1.27 bits per heavy atom. The second-order valence-corrected chi connectivity index (χ2v) is 6.72. The highest BCUT2D eigenvalue weighted by Gasteiger charge is 2.23. The van der Waals surface area contributed by atoms with Crippen molar-refractivity contribution in [1.29, 1.82) is 0 Å². The molecule has 1 heterocycles. The molecule has 1 aromatic carbocycles. The summed E-state index contributed by atoms with van der Waals surface area (Å²) in [6.45, 7) is 2.85. The van der Waals surface area contributed by atoms with Gasteiger partial charge in [-0.15, -0.1) is 0 Å². The van der Waals surface area contributed by atoms with E-state index in [0.717, 1.165) is 12.8 Å². The first kappa shape index (κ1) is 17.2. The van der Waals surface area contributed by atoms with Crippen LogP contribution in [0.1, 0.15) is 25.3 Å². The van der Waals surface area contributed by atoms with E-state index in [0.29, 0.717) is 24.5 Å². The Balaban J connectivity index is 1.92. The molecule has 2 rings (SSSR count). The minimum Gasteiger partial charge on any atom is -0.496 e. The van der Waals surface area contributed by atoms with Crippen LogP contribution in [0.25, 0.3) is 0 Å². The molecule has 0 spiro atoms. The van der Waals surface area contributed by atoms with E-state index in [1.165, 1.54) is 7.11 Å². The Kier molecular flexibility index (Phi) is 6.19. The lowest BCUT2D eigenvalue weighted by molar-refractivity contribution is -0.131. The summed E-state index contributed by atoms with van der Waals surface area (Å²) in [5.74, 6) is 0.269. The van der Waals surface area contributed by atoms with E-state index in [2.05, 4.69) is 0 Å². The zero-order valence-corrected chi connectivity index (χ0v) is 13.7. The van der Waals surface area contributed by atoms with Crippen molar-refractivity contribution in [2.24, 2.45) is 0 Å². The molecule has 1 aromatic rings. The summed E-state index contributed by atoms with van der Waals surface area (Å²) in [6, 6.07) is 6.96. The van der Waals surface area contributed by atoms with E-state index in [4.69, 9.17) is 18.4 Å². The highest BCUT2D eigenvalue weighted by atomic mass is 32.2. The van der Waals surface area contributed by atoms with Gasteiger partial charge in [-0.3, -0.25) is 0 Å². The third-order valence-corrected chi connectivity index (χ3v) is 4.59. The number of para-hydroxylation sites is 1. The Morgan fingerprint density at radius 2 is 1.95 bits per heavy atom. The highest BCUT2D eigenvalue weighted by molar-refractivity contribution is 7.85. The molecule has 1 aliphatic rings. The van der Waals surface area contributed by atoms with Gasteiger partial charge in [0.2, 0.25) is 0 Å². The molecular weight excluding hydrogens is 308 g/mol. The van der Waals surface area contributed by atoms with Crippen LogP contribution in [0, 0.1) is 0 Å². The SMILES string of the molecule is COc1ccccc1CS(=O)(=O)OC(C)OC1CCOCC1. The van der Waals surface area contributed by atoms with E-state index in [1.54, 1.807) is 31.2 Å². The monoisotopic (exact) mass is 330 g/mol. The lowest BCUT2D eigenvalue weighted by atomic mass is 10.2. The van der Waals surface area contributed by atoms with Crippen molar-refractivity contribution in [3.05, 3.63) is 29.8 Å². The summed E-state index contributed by atoms with van der Waals surface area (Å²) < 4.78 is 45.4. The zero-order chi connectivity index (χ0) is 16.0. The molecule has 1 saturated heterocycles. The molecule has 7 heteroatoms. The van der Waals surface area contributed by atoms with Crippen molar-refractivity contribution in [2.45, 2.75) is 37.9 Å². The van der Waals surface area contributed by atoms with E-state index in [-0.39, 0.29) is 11.9 Å². The van der Waals surface area contributed by atoms with Crippen molar-refractivity contribution < 1.29 is 26.8 Å². The second kappa shape index (κ2) is 7.92. The van der Waals surface area contributed by atoms with Gasteiger partial charge in [0.1, 0.15) is 11.5 Å². The molecule has 0 aliphatic carbocycles. The predicted molar refractivity (Wildman–Crippen MR) is 81.1 cm³/mol. The number of hydrogen-bond acceptors (Lipinski definition) is 6. The van der Waals surface area contributed by atoms with E-state index >= 15 is 0 Å². The van der Waals surface area contributed by atoms with Gasteiger partial charge in [-0.2, -0.15) is 8.42 Å². The average molecular weight is 330 g/mol. The summed E-state index contributed by atoms with van der Waals surface area (Å²) in [4.78, 5) is 0. The minimum absolute atomic E-state index is 0.0230. The fourth-order valence-corrected chi connectivity index (χ4v) is 3.50. The first-order valence-corrected chi connectivity index (χ1v) is 8.84. The molecule has 124 valence electrons. The molecule has 0 bridgehead atoms. The molecule has 6 nitrogen and oxygen atoms in total. The summed E-state index contributed by atoms with van der Waals surface area (Å²) in [7, 11) is -2.25. The Hall–Kier alpha value is -1.15. The van der Waals surface area contributed by atoms with E-state index in [1.807, 2.05) is 0 Å². The maximum Gasteiger partial charge on any atom is 0.274 e. The number of rotatable bonds is 7. The number of benzene rings is 1.